The Kier molecular flexibility index (Phi) is 8.52. The van der Waals surface area contributed by atoms with E-state index in [1.807, 2.05) is 24.3 Å². The van der Waals surface area contributed by atoms with Gasteiger partial charge in [-0.1, -0.05) is 32.0 Å². The smallest absolute Gasteiger partial charge is 0.416 e. The third kappa shape index (κ3) is 6.14. The van der Waals surface area contributed by atoms with E-state index in [1.54, 1.807) is 36.6 Å². The van der Waals surface area contributed by atoms with Gasteiger partial charge in [-0.3, -0.25) is 4.79 Å². The Morgan fingerprint density at radius 1 is 0.875 bits per heavy atom. The van der Waals surface area contributed by atoms with Gasteiger partial charge in [0.25, 0.3) is 0 Å². The van der Waals surface area contributed by atoms with E-state index in [-0.39, 0.29) is 36.7 Å². The zero-order chi connectivity index (χ0) is 29.0. The number of esters is 2. The first-order valence-corrected chi connectivity index (χ1v) is 13.0. The number of halogens is 3. The largest absolute Gasteiger partial charge is 0.466 e. The maximum absolute atomic E-state index is 13.3. The van der Waals surface area contributed by atoms with Crippen molar-refractivity contribution in [2.75, 3.05) is 13.2 Å². The molecule has 9 heteroatoms. The molecule has 0 spiro atoms. The summed E-state index contributed by atoms with van der Waals surface area (Å²) in [6.45, 7) is 7.81. The van der Waals surface area contributed by atoms with Crippen LogP contribution >= 0.6 is 0 Å². The molecule has 0 saturated heterocycles. The summed E-state index contributed by atoms with van der Waals surface area (Å²) in [4.78, 5) is 25.9. The molecule has 1 heterocycles. The SMILES string of the molecule is CCOC(=O)Cc1c(C(=O)OCC)c2cc(Oc3cccc(C(F)(F)F)c3)ccc2n1-c1ccc(C(C)C)cc1. The van der Waals surface area contributed by atoms with Gasteiger partial charge in [-0.25, -0.2) is 4.79 Å². The second-order valence-electron chi connectivity index (χ2n) is 9.41. The lowest BCUT2D eigenvalue weighted by Gasteiger charge is -2.14. The Morgan fingerprint density at radius 3 is 2.17 bits per heavy atom. The molecule has 0 saturated carbocycles. The van der Waals surface area contributed by atoms with Crippen molar-refractivity contribution in [1.82, 2.24) is 4.57 Å². The fourth-order valence-electron chi connectivity index (χ4n) is 4.51. The predicted octanol–water partition coefficient (Wildman–Crippen LogP) is 7.85. The van der Waals surface area contributed by atoms with Crippen LogP contribution in [0, 0.1) is 0 Å². The zero-order valence-corrected chi connectivity index (χ0v) is 22.7. The summed E-state index contributed by atoms with van der Waals surface area (Å²) in [7, 11) is 0. The number of benzene rings is 3. The highest BCUT2D eigenvalue weighted by Crippen LogP contribution is 2.37. The fraction of sp³-hybridized carbons (Fsp3) is 0.290. The third-order valence-electron chi connectivity index (χ3n) is 6.35. The Balaban J connectivity index is 1.91. The van der Waals surface area contributed by atoms with Crippen molar-refractivity contribution in [3.8, 4) is 17.2 Å². The lowest BCUT2D eigenvalue weighted by Crippen LogP contribution is -2.15. The number of carbonyl (C=O) groups is 2. The average Bonchev–Trinajstić information content (AvgIpc) is 3.21. The molecule has 0 aliphatic heterocycles. The molecule has 0 N–H and O–H groups in total. The molecule has 6 nitrogen and oxygen atoms in total. The van der Waals surface area contributed by atoms with E-state index in [9.17, 15) is 22.8 Å². The number of hydrogen-bond donors (Lipinski definition) is 0. The number of aromatic nitrogens is 1. The normalized spacial score (nSPS) is 11.6. The molecule has 0 atom stereocenters. The van der Waals surface area contributed by atoms with E-state index in [0.29, 0.717) is 22.5 Å². The lowest BCUT2D eigenvalue weighted by molar-refractivity contribution is -0.142. The third-order valence-corrected chi connectivity index (χ3v) is 6.35. The van der Waals surface area contributed by atoms with E-state index < -0.39 is 23.7 Å². The van der Waals surface area contributed by atoms with Crippen LogP contribution in [0.4, 0.5) is 13.2 Å². The summed E-state index contributed by atoms with van der Waals surface area (Å²) in [5, 5.41) is 0.426. The molecule has 0 fully saturated rings. The van der Waals surface area contributed by atoms with Crippen LogP contribution in [0.2, 0.25) is 0 Å². The van der Waals surface area contributed by atoms with Crippen molar-refractivity contribution < 1.29 is 37.0 Å². The number of hydrogen-bond acceptors (Lipinski definition) is 5. The van der Waals surface area contributed by atoms with Crippen LogP contribution in [0.1, 0.15) is 60.8 Å². The van der Waals surface area contributed by atoms with Crippen molar-refractivity contribution in [2.45, 2.75) is 46.2 Å². The minimum Gasteiger partial charge on any atom is -0.466 e. The quantitative estimate of drug-likeness (QED) is 0.198. The summed E-state index contributed by atoms with van der Waals surface area (Å²) in [5.41, 5.74) is 2.13. The summed E-state index contributed by atoms with van der Waals surface area (Å²) >= 11 is 0. The van der Waals surface area contributed by atoms with Crippen molar-refractivity contribution >= 4 is 22.8 Å². The zero-order valence-electron chi connectivity index (χ0n) is 22.7. The molecule has 0 aliphatic carbocycles. The molecule has 0 radical (unpaired) electrons. The molecule has 0 unspecified atom stereocenters. The van der Waals surface area contributed by atoms with Gasteiger partial charge in [0.1, 0.15) is 11.5 Å². The van der Waals surface area contributed by atoms with E-state index in [2.05, 4.69) is 13.8 Å². The van der Waals surface area contributed by atoms with Gasteiger partial charge in [0.05, 0.1) is 36.3 Å². The topological polar surface area (TPSA) is 66.8 Å². The molecular weight excluding hydrogens is 523 g/mol. The summed E-state index contributed by atoms with van der Waals surface area (Å²) in [6.07, 6.45) is -4.73. The second-order valence-corrected chi connectivity index (χ2v) is 9.41. The molecule has 0 aliphatic rings. The van der Waals surface area contributed by atoms with Crippen LogP contribution in [-0.2, 0) is 26.9 Å². The molecule has 0 bridgehead atoms. The molecule has 4 rings (SSSR count). The van der Waals surface area contributed by atoms with Crippen molar-refractivity contribution in [1.29, 1.82) is 0 Å². The van der Waals surface area contributed by atoms with Gasteiger partial charge in [-0.15, -0.1) is 0 Å². The number of carbonyl (C=O) groups excluding carboxylic acids is 2. The first-order valence-electron chi connectivity index (χ1n) is 13.0. The number of rotatable bonds is 9. The Hall–Kier alpha value is -4.27. The first-order chi connectivity index (χ1) is 19.0. The summed E-state index contributed by atoms with van der Waals surface area (Å²) < 4.78 is 57.8. The van der Waals surface area contributed by atoms with E-state index in [4.69, 9.17) is 14.2 Å². The molecule has 210 valence electrons. The van der Waals surface area contributed by atoms with Crippen LogP contribution in [0.5, 0.6) is 11.5 Å². The number of nitrogens with zero attached hydrogens (tertiary/aromatic N) is 1. The van der Waals surface area contributed by atoms with Crippen molar-refractivity contribution in [3.63, 3.8) is 0 Å². The minimum atomic E-state index is -4.52. The molecule has 1 aromatic heterocycles. The first kappa shape index (κ1) is 28.7. The van der Waals surface area contributed by atoms with Crippen LogP contribution in [0.3, 0.4) is 0 Å². The highest BCUT2D eigenvalue weighted by Gasteiger charge is 2.31. The highest BCUT2D eigenvalue weighted by molar-refractivity contribution is 6.07. The molecule has 4 aromatic rings. The second kappa shape index (κ2) is 11.9. The Morgan fingerprint density at radius 2 is 1.55 bits per heavy atom. The van der Waals surface area contributed by atoms with E-state index in [1.165, 1.54) is 12.1 Å². The average molecular weight is 554 g/mol. The van der Waals surface area contributed by atoms with Crippen LogP contribution < -0.4 is 4.74 Å². The van der Waals surface area contributed by atoms with E-state index in [0.717, 1.165) is 23.4 Å². The molecule has 0 amide bonds. The van der Waals surface area contributed by atoms with Gasteiger partial charge < -0.3 is 18.8 Å². The van der Waals surface area contributed by atoms with Gasteiger partial charge in [0.2, 0.25) is 0 Å². The van der Waals surface area contributed by atoms with Gasteiger partial charge in [0, 0.05) is 16.8 Å². The van der Waals surface area contributed by atoms with Gasteiger partial charge in [-0.2, -0.15) is 13.2 Å². The Bertz CT molecular complexity index is 1520. The maximum atomic E-state index is 13.3. The molecular formula is C31H30F3NO5. The predicted molar refractivity (Wildman–Crippen MR) is 145 cm³/mol. The van der Waals surface area contributed by atoms with Crippen molar-refractivity contribution in [2.24, 2.45) is 0 Å². The Labute approximate surface area is 230 Å². The lowest BCUT2D eigenvalue weighted by atomic mass is 10.0. The van der Waals surface area contributed by atoms with Crippen molar-refractivity contribution in [3.05, 3.63) is 89.1 Å². The number of ether oxygens (including phenoxy) is 3. The molecule has 3 aromatic carbocycles. The van der Waals surface area contributed by atoms with E-state index >= 15 is 0 Å². The maximum Gasteiger partial charge on any atom is 0.416 e. The number of fused-ring (bicyclic) bond motifs is 1. The molecule has 40 heavy (non-hydrogen) atoms. The minimum absolute atomic E-state index is 0.0117. The number of alkyl halides is 3. The monoisotopic (exact) mass is 553 g/mol. The highest BCUT2D eigenvalue weighted by atomic mass is 19.4. The van der Waals surface area contributed by atoms with Crippen LogP contribution in [0.25, 0.3) is 16.6 Å². The van der Waals surface area contributed by atoms with Gasteiger partial charge in [0.15, 0.2) is 0 Å². The summed E-state index contributed by atoms with van der Waals surface area (Å²) in [5.74, 6) is -0.647. The fourth-order valence-corrected chi connectivity index (χ4v) is 4.51. The van der Waals surface area contributed by atoms with Crippen LogP contribution in [-0.4, -0.2) is 29.7 Å². The van der Waals surface area contributed by atoms with Gasteiger partial charge in [-0.05, 0) is 73.9 Å². The summed E-state index contributed by atoms with van der Waals surface area (Å²) in [6, 6.07) is 17.2. The van der Waals surface area contributed by atoms with Gasteiger partial charge >= 0.3 is 18.1 Å². The standard InChI is InChI=1S/C31H30F3NO5/c1-5-38-28(36)18-27-29(30(37)39-6-2)25-17-24(40-23-9-7-8-21(16-23)31(32,33)34)14-15-26(25)35(27)22-12-10-20(11-13-22)19(3)4/h7-17,19H,5-6,18H2,1-4H3. The van der Waals surface area contributed by atoms with Crippen LogP contribution in [0.15, 0.2) is 66.7 Å².